The Kier molecular flexibility index (Phi) is 13.8. The van der Waals surface area contributed by atoms with Crippen LogP contribution in [0.2, 0.25) is 0 Å². The molecule has 2 nitrogen and oxygen atoms in total. The molecular weight excluding hydrogens is 267 g/mol. The fourth-order valence-electron chi connectivity index (χ4n) is 0.752. The molecule has 0 aromatic carbocycles. The smallest absolute Gasteiger partial charge is 0.466 e. The summed E-state index contributed by atoms with van der Waals surface area (Å²) in [6, 6.07) is 0. The maximum absolute atomic E-state index is 10.7. The molecule has 0 unspecified atom stereocenters. The van der Waals surface area contributed by atoms with E-state index in [0.29, 0.717) is 13.0 Å². The van der Waals surface area contributed by atoms with Gasteiger partial charge in [0.05, 0.1) is 6.61 Å². The van der Waals surface area contributed by atoms with Gasteiger partial charge in [-0.1, -0.05) is 19.8 Å². The first-order chi connectivity index (χ1) is 4.81. The maximum Gasteiger partial charge on any atom is 3.00 e. The zero-order valence-corrected chi connectivity index (χ0v) is 11.1. The van der Waals surface area contributed by atoms with Crippen molar-refractivity contribution in [2.75, 3.05) is 6.61 Å². The molecule has 0 bridgehead atoms. The monoisotopic (exact) mass is 283 g/mol. The van der Waals surface area contributed by atoms with E-state index in [4.69, 9.17) is 4.74 Å². The zero-order chi connectivity index (χ0) is 7.82. The molecule has 0 heterocycles. The third kappa shape index (κ3) is 10.7. The first-order valence-electron chi connectivity index (χ1n) is 3.96. The van der Waals surface area contributed by atoms with Gasteiger partial charge < -0.3 is 4.74 Å². The Morgan fingerprint density at radius 2 is 1.91 bits per heavy atom. The molecule has 11 heavy (non-hydrogen) atoms. The Bertz CT molecular complexity index is 94.1. The molecular formula is C8H16LaO2+3. The van der Waals surface area contributed by atoms with Crippen LogP contribution >= 0.6 is 0 Å². The molecule has 0 rings (SSSR count). The predicted molar refractivity (Wildman–Crippen MR) is 40.8 cm³/mol. The average Bonchev–Trinajstić information content (AvgIpc) is 1.89. The molecule has 60 valence electrons. The predicted octanol–water partition coefficient (Wildman–Crippen LogP) is 2.13. The van der Waals surface area contributed by atoms with Gasteiger partial charge in [-0.25, -0.2) is 0 Å². The van der Waals surface area contributed by atoms with Crippen LogP contribution in [0.1, 0.15) is 39.5 Å². The van der Waals surface area contributed by atoms with E-state index in [0.717, 1.165) is 19.3 Å². The summed E-state index contributed by atoms with van der Waals surface area (Å²) in [5.74, 6) is -0.0593. The van der Waals surface area contributed by atoms with Crippen LogP contribution in [0.25, 0.3) is 0 Å². The normalized spacial score (nSPS) is 8.55. The van der Waals surface area contributed by atoms with Gasteiger partial charge in [-0.2, -0.15) is 0 Å². The van der Waals surface area contributed by atoms with Crippen LogP contribution in [0, 0.1) is 35.6 Å². The van der Waals surface area contributed by atoms with Crippen LogP contribution in [0.4, 0.5) is 0 Å². The van der Waals surface area contributed by atoms with E-state index in [1.165, 1.54) is 0 Å². The molecule has 0 aliphatic rings. The Labute approximate surface area is 96.7 Å². The van der Waals surface area contributed by atoms with Crippen molar-refractivity contribution in [1.29, 1.82) is 0 Å². The Balaban J connectivity index is 0. The van der Waals surface area contributed by atoms with Crippen molar-refractivity contribution in [3.05, 3.63) is 0 Å². The van der Waals surface area contributed by atoms with Gasteiger partial charge in [-0.3, -0.25) is 4.79 Å². The molecule has 0 aromatic heterocycles. The molecule has 3 heteroatoms. The fourth-order valence-corrected chi connectivity index (χ4v) is 0.752. The van der Waals surface area contributed by atoms with Crippen molar-refractivity contribution in [1.82, 2.24) is 0 Å². The molecule has 0 N–H and O–H groups in total. The van der Waals surface area contributed by atoms with Crippen molar-refractivity contribution in [2.24, 2.45) is 0 Å². The van der Waals surface area contributed by atoms with Crippen molar-refractivity contribution in [3.8, 4) is 0 Å². The zero-order valence-electron chi connectivity index (χ0n) is 7.43. The van der Waals surface area contributed by atoms with Gasteiger partial charge in [0.15, 0.2) is 0 Å². The van der Waals surface area contributed by atoms with Crippen LogP contribution in [0.3, 0.4) is 0 Å². The van der Waals surface area contributed by atoms with Gasteiger partial charge in [0, 0.05) is 6.42 Å². The first kappa shape index (κ1) is 14.2. The molecule has 0 atom stereocenters. The summed E-state index contributed by atoms with van der Waals surface area (Å²) in [5, 5.41) is 0. The summed E-state index contributed by atoms with van der Waals surface area (Å²) in [6.07, 6.45) is 3.83. The number of ether oxygens (including phenoxy) is 1. The molecule has 0 saturated heterocycles. The molecule has 0 amide bonds. The van der Waals surface area contributed by atoms with Crippen molar-refractivity contribution in [3.63, 3.8) is 0 Å². The standard InChI is InChI=1S/C8H16O2.La/c1-3-5-6-7-8(9)10-4-2;/h3-7H2,1-2H3;/q;+3. The van der Waals surface area contributed by atoms with Crippen molar-refractivity contribution in [2.45, 2.75) is 39.5 Å². The van der Waals surface area contributed by atoms with E-state index in [1.807, 2.05) is 6.92 Å². The van der Waals surface area contributed by atoms with Crippen LogP contribution in [0.15, 0.2) is 0 Å². The minimum Gasteiger partial charge on any atom is -0.466 e. The Morgan fingerprint density at radius 1 is 1.27 bits per heavy atom. The van der Waals surface area contributed by atoms with E-state index >= 15 is 0 Å². The molecule has 0 aliphatic heterocycles. The third-order valence-electron chi connectivity index (χ3n) is 1.29. The quantitative estimate of drug-likeness (QED) is 0.570. The van der Waals surface area contributed by atoms with Crippen LogP contribution < -0.4 is 0 Å². The molecule has 0 aromatic rings. The van der Waals surface area contributed by atoms with Crippen LogP contribution in [0.5, 0.6) is 0 Å². The summed E-state index contributed by atoms with van der Waals surface area (Å²) in [4.78, 5) is 10.7. The van der Waals surface area contributed by atoms with E-state index in [-0.39, 0.29) is 41.6 Å². The number of carbonyl (C=O) groups is 1. The molecule has 0 radical (unpaired) electrons. The van der Waals surface area contributed by atoms with Gasteiger partial charge in [0.25, 0.3) is 0 Å². The number of hydrogen-bond acceptors (Lipinski definition) is 2. The van der Waals surface area contributed by atoms with E-state index < -0.39 is 0 Å². The maximum atomic E-state index is 10.7. The van der Waals surface area contributed by atoms with Gasteiger partial charge in [-0.15, -0.1) is 0 Å². The summed E-state index contributed by atoms with van der Waals surface area (Å²) in [5.41, 5.74) is 0. The second-order valence-corrected chi connectivity index (χ2v) is 2.26. The van der Waals surface area contributed by atoms with Gasteiger partial charge in [-0.05, 0) is 13.3 Å². The minimum atomic E-state index is -0.0593. The molecule has 0 fully saturated rings. The van der Waals surface area contributed by atoms with Gasteiger partial charge in [0.1, 0.15) is 0 Å². The first-order valence-corrected chi connectivity index (χ1v) is 3.96. The average molecular weight is 283 g/mol. The van der Waals surface area contributed by atoms with E-state index in [2.05, 4.69) is 6.92 Å². The minimum absolute atomic E-state index is 0. The Hall–Kier alpha value is 0.665. The van der Waals surface area contributed by atoms with Gasteiger partial charge in [0.2, 0.25) is 0 Å². The fraction of sp³-hybridized carbons (Fsp3) is 0.875. The second-order valence-electron chi connectivity index (χ2n) is 2.26. The van der Waals surface area contributed by atoms with E-state index in [9.17, 15) is 4.79 Å². The number of rotatable bonds is 5. The topological polar surface area (TPSA) is 26.3 Å². The number of esters is 1. The molecule has 0 saturated carbocycles. The largest absolute Gasteiger partial charge is 3.00 e. The third-order valence-corrected chi connectivity index (χ3v) is 1.29. The van der Waals surface area contributed by atoms with Crippen LogP contribution in [-0.2, 0) is 9.53 Å². The second kappa shape index (κ2) is 10.7. The number of hydrogen-bond donors (Lipinski definition) is 0. The summed E-state index contributed by atoms with van der Waals surface area (Å²) in [7, 11) is 0. The van der Waals surface area contributed by atoms with Crippen molar-refractivity contribution >= 4 is 5.97 Å². The Morgan fingerprint density at radius 3 is 2.36 bits per heavy atom. The van der Waals surface area contributed by atoms with Crippen molar-refractivity contribution < 1.29 is 45.1 Å². The van der Waals surface area contributed by atoms with Gasteiger partial charge >= 0.3 is 41.6 Å². The number of unbranched alkanes of at least 4 members (excludes halogenated alkanes) is 2. The van der Waals surface area contributed by atoms with E-state index in [1.54, 1.807) is 0 Å². The number of carbonyl (C=O) groups excluding carboxylic acids is 1. The van der Waals surface area contributed by atoms with Crippen LogP contribution in [-0.4, -0.2) is 12.6 Å². The molecule has 0 spiro atoms. The summed E-state index contributed by atoms with van der Waals surface area (Å²) >= 11 is 0. The molecule has 0 aliphatic carbocycles. The summed E-state index contributed by atoms with van der Waals surface area (Å²) in [6.45, 7) is 4.45. The SMILES string of the molecule is CCCCCC(=O)OCC.[La+3]. The summed E-state index contributed by atoms with van der Waals surface area (Å²) < 4.78 is 4.75.